The van der Waals surface area contributed by atoms with Gasteiger partial charge in [-0.25, -0.2) is 4.79 Å². The van der Waals surface area contributed by atoms with Crippen LogP contribution in [-0.4, -0.2) is 33.5 Å². The number of rotatable bonds is 7. The summed E-state index contributed by atoms with van der Waals surface area (Å²) in [6, 6.07) is 13.1. The van der Waals surface area contributed by atoms with Crippen molar-refractivity contribution in [3.05, 3.63) is 58.8 Å². The van der Waals surface area contributed by atoms with Gasteiger partial charge >= 0.3 is 5.69 Å². The van der Waals surface area contributed by atoms with Crippen molar-refractivity contribution in [2.45, 2.75) is 26.4 Å². The van der Waals surface area contributed by atoms with Crippen molar-refractivity contribution in [2.24, 2.45) is 0 Å². The van der Waals surface area contributed by atoms with Crippen LogP contribution in [0.1, 0.15) is 19.2 Å². The molecule has 0 radical (unpaired) electrons. The first-order chi connectivity index (χ1) is 14.2. The van der Waals surface area contributed by atoms with E-state index >= 15 is 0 Å². The zero-order valence-electron chi connectivity index (χ0n) is 16.6. The second kappa shape index (κ2) is 7.83. The van der Waals surface area contributed by atoms with E-state index in [9.17, 15) is 4.79 Å². The molecule has 150 valence electrons. The molecular formula is C21H22N4O4. The maximum absolute atomic E-state index is 12.9. The third-order valence-electron chi connectivity index (χ3n) is 4.78. The van der Waals surface area contributed by atoms with Crippen LogP contribution in [-0.2, 0) is 13.1 Å². The molecule has 0 amide bonds. The molecule has 8 nitrogen and oxygen atoms in total. The third kappa shape index (κ3) is 3.37. The first-order valence-corrected chi connectivity index (χ1v) is 9.39. The summed E-state index contributed by atoms with van der Waals surface area (Å²) in [5.41, 5.74) is 2.34. The summed E-state index contributed by atoms with van der Waals surface area (Å²) in [5, 5.41) is 4.07. The van der Waals surface area contributed by atoms with Crippen molar-refractivity contribution in [3.63, 3.8) is 0 Å². The van der Waals surface area contributed by atoms with Crippen molar-refractivity contribution in [2.75, 3.05) is 14.2 Å². The molecule has 0 aliphatic carbocycles. The molecule has 0 aliphatic rings. The Balaban J connectivity index is 1.71. The zero-order chi connectivity index (χ0) is 20.4. The van der Waals surface area contributed by atoms with Crippen LogP contribution in [0, 0.1) is 0 Å². The minimum Gasteiger partial charge on any atom is -0.497 e. The molecule has 0 saturated heterocycles. The Labute approximate surface area is 167 Å². The normalized spacial score (nSPS) is 11.1. The Bertz CT molecular complexity index is 1210. The quantitative estimate of drug-likeness (QED) is 0.478. The molecule has 2 aromatic heterocycles. The van der Waals surface area contributed by atoms with Gasteiger partial charge in [0.1, 0.15) is 18.0 Å². The summed E-state index contributed by atoms with van der Waals surface area (Å²) in [5.74, 6) is 1.99. The van der Waals surface area contributed by atoms with Crippen LogP contribution in [0.5, 0.6) is 11.5 Å². The van der Waals surface area contributed by atoms with Crippen LogP contribution < -0.4 is 15.2 Å². The van der Waals surface area contributed by atoms with Gasteiger partial charge in [0, 0.05) is 12.6 Å². The monoisotopic (exact) mass is 394 g/mol. The summed E-state index contributed by atoms with van der Waals surface area (Å²) in [6.45, 7) is 2.90. The fraction of sp³-hybridized carbons (Fsp3) is 0.286. The Morgan fingerprint density at radius 1 is 1.03 bits per heavy atom. The molecule has 2 aromatic carbocycles. The van der Waals surface area contributed by atoms with Gasteiger partial charge < -0.3 is 14.0 Å². The maximum atomic E-state index is 12.9. The molecule has 8 heteroatoms. The SMILES string of the molecule is CCCn1c(=O)n(Cc2nc(-c3ccc(OC)cc3OC)no2)c2ccccc21. The van der Waals surface area contributed by atoms with Crippen LogP contribution in [0.4, 0.5) is 0 Å². The minimum absolute atomic E-state index is 0.0881. The number of para-hydroxylation sites is 2. The third-order valence-corrected chi connectivity index (χ3v) is 4.78. The number of imidazole rings is 1. The van der Waals surface area contributed by atoms with Crippen LogP contribution in [0.25, 0.3) is 22.4 Å². The second-order valence-electron chi connectivity index (χ2n) is 6.59. The van der Waals surface area contributed by atoms with Crippen molar-refractivity contribution >= 4 is 11.0 Å². The van der Waals surface area contributed by atoms with E-state index in [1.807, 2.05) is 37.3 Å². The van der Waals surface area contributed by atoms with Gasteiger partial charge in [0.05, 0.1) is 30.8 Å². The molecule has 0 bridgehead atoms. The molecular weight excluding hydrogens is 372 g/mol. The molecule has 0 unspecified atom stereocenters. The first-order valence-electron chi connectivity index (χ1n) is 9.39. The molecule has 0 atom stereocenters. The molecule has 0 fully saturated rings. The number of aryl methyl sites for hydroxylation is 1. The summed E-state index contributed by atoms with van der Waals surface area (Å²) in [4.78, 5) is 17.4. The Hall–Kier alpha value is -3.55. The van der Waals surface area contributed by atoms with Gasteiger partial charge in [-0.15, -0.1) is 0 Å². The Morgan fingerprint density at radius 3 is 2.48 bits per heavy atom. The van der Waals surface area contributed by atoms with Crippen molar-refractivity contribution in [3.8, 4) is 22.9 Å². The Morgan fingerprint density at radius 2 is 1.79 bits per heavy atom. The number of hydrogen-bond acceptors (Lipinski definition) is 6. The second-order valence-corrected chi connectivity index (χ2v) is 6.59. The Kier molecular flexibility index (Phi) is 5.07. The van der Waals surface area contributed by atoms with Gasteiger partial charge in [-0.05, 0) is 30.7 Å². The fourth-order valence-corrected chi connectivity index (χ4v) is 3.41. The van der Waals surface area contributed by atoms with Crippen LogP contribution >= 0.6 is 0 Å². The van der Waals surface area contributed by atoms with Crippen molar-refractivity contribution in [1.29, 1.82) is 0 Å². The molecule has 0 spiro atoms. The minimum atomic E-state index is -0.0881. The number of methoxy groups -OCH3 is 2. The van der Waals surface area contributed by atoms with E-state index in [1.54, 1.807) is 35.5 Å². The van der Waals surface area contributed by atoms with Gasteiger partial charge in [-0.3, -0.25) is 9.13 Å². The average Bonchev–Trinajstić information content (AvgIpc) is 3.32. The topological polar surface area (TPSA) is 84.3 Å². The number of nitrogens with zero attached hydrogens (tertiary/aromatic N) is 4. The van der Waals surface area contributed by atoms with Crippen LogP contribution in [0.15, 0.2) is 51.8 Å². The van der Waals surface area contributed by atoms with E-state index in [4.69, 9.17) is 14.0 Å². The van der Waals surface area contributed by atoms with Crippen LogP contribution in [0.2, 0.25) is 0 Å². The first kappa shape index (κ1) is 18.8. The summed E-state index contributed by atoms with van der Waals surface area (Å²) in [7, 11) is 3.16. The van der Waals surface area contributed by atoms with Gasteiger partial charge in [0.15, 0.2) is 0 Å². The van der Waals surface area contributed by atoms with E-state index in [1.165, 1.54) is 0 Å². The molecule has 29 heavy (non-hydrogen) atoms. The van der Waals surface area contributed by atoms with Gasteiger partial charge in [0.2, 0.25) is 11.7 Å². The average molecular weight is 394 g/mol. The van der Waals surface area contributed by atoms with Crippen molar-refractivity contribution in [1.82, 2.24) is 19.3 Å². The van der Waals surface area contributed by atoms with Crippen molar-refractivity contribution < 1.29 is 14.0 Å². The standard InChI is InChI=1S/C21H22N4O4/c1-4-11-24-16-7-5-6-8-17(16)25(21(24)26)13-19-22-20(23-29-19)15-10-9-14(27-2)12-18(15)28-3/h5-10,12H,4,11,13H2,1-3H3. The summed E-state index contributed by atoms with van der Waals surface area (Å²) < 4.78 is 19.5. The van der Waals surface area contributed by atoms with Crippen LogP contribution in [0.3, 0.4) is 0 Å². The van der Waals surface area contributed by atoms with Gasteiger partial charge in [-0.1, -0.05) is 24.2 Å². The predicted molar refractivity (Wildman–Crippen MR) is 108 cm³/mol. The highest BCUT2D eigenvalue weighted by atomic mass is 16.5. The molecule has 0 N–H and O–H groups in total. The van der Waals surface area contributed by atoms with E-state index < -0.39 is 0 Å². The number of aromatic nitrogens is 4. The summed E-state index contributed by atoms with van der Waals surface area (Å²) in [6.07, 6.45) is 0.871. The van der Waals surface area contributed by atoms with E-state index in [0.717, 1.165) is 17.5 Å². The lowest BCUT2D eigenvalue weighted by atomic mass is 10.2. The fourth-order valence-electron chi connectivity index (χ4n) is 3.41. The largest absolute Gasteiger partial charge is 0.497 e. The maximum Gasteiger partial charge on any atom is 0.329 e. The smallest absolute Gasteiger partial charge is 0.329 e. The lowest BCUT2D eigenvalue weighted by Gasteiger charge is -2.07. The van der Waals surface area contributed by atoms with E-state index in [2.05, 4.69) is 10.1 Å². The molecule has 0 aliphatic heterocycles. The molecule has 4 rings (SSSR count). The number of benzene rings is 2. The molecule has 2 heterocycles. The molecule has 4 aromatic rings. The number of fused-ring (bicyclic) bond motifs is 1. The van der Waals surface area contributed by atoms with Gasteiger partial charge in [-0.2, -0.15) is 4.98 Å². The lowest BCUT2D eigenvalue weighted by Crippen LogP contribution is -2.24. The zero-order valence-corrected chi connectivity index (χ0v) is 16.6. The van der Waals surface area contributed by atoms with E-state index in [0.29, 0.717) is 35.3 Å². The molecule has 0 saturated carbocycles. The predicted octanol–water partition coefficient (Wildman–Crippen LogP) is 3.33. The highest BCUT2D eigenvalue weighted by molar-refractivity contribution is 5.76. The lowest BCUT2D eigenvalue weighted by molar-refractivity contribution is 0.370. The summed E-state index contributed by atoms with van der Waals surface area (Å²) >= 11 is 0. The van der Waals surface area contributed by atoms with E-state index in [-0.39, 0.29) is 12.2 Å². The number of hydrogen-bond donors (Lipinski definition) is 0. The van der Waals surface area contributed by atoms with Gasteiger partial charge in [0.25, 0.3) is 0 Å². The number of ether oxygens (including phenoxy) is 2. The highest BCUT2D eigenvalue weighted by Gasteiger charge is 2.18. The highest BCUT2D eigenvalue weighted by Crippen LogP contribution is 2.31.